The van der Waals surface area contributed by atoms with Crippen molar-refractivity contribution in [1.29, 1.82) is 0 Å². The fourth-order valence-electron chi connectivity index (χ4n) is 4.16. The van der Waals surface area contributed by atoms with Crippen molar-refractivity contribution in [2.75, 3.05) is 6.54 Å². The Morgan fingerprint density at radius 1 is 0.912 bits per heavy atom. The lowest BCUT2D eigenvalue weighted by Crippen LogP contribution is -2.40. The van der Waals surface area contributed by atoms with Crippen molar-refractivity contribution >= 4 is 11.8 Å². The summed E-state index contributed by atoms with van der Waals surface area (Å²) in [6, 6.07) is 17.7. The zero-order valence-electron chi connectivity index (χ0n) is 18.8. The molecule has 0 spiro atoms. The van der Waals surface area contributed by atoms with Crippen molar-refractivity contribution in [1.82, 2.24) is 15.2 Å². The summed E-state index contributed by atoms with van der Waals surface area (Å²) in [6.45, 7) is 0.720. The third-order valence-electron chi connectivity index (χ3n) is 6.18. The molecule has 2 N–H and O–H groups in total. The number of aryl methyl sites for hydroxylation is 1. The number of amides is 2. The normalized spacial score (nSPS) is 16.8. The van der Waals surface area contributed by atoms with E-state index in [1.807, 2.05) is 54.6 Å². The van der Waals surface area contributed by atoms with E-state index in [-0.39, 0.29) is 29.8 Å². The molecule has 5 rings (SSSR count). The van der Waals surface area contributed by atoms with E-state index < -0.39 is 17.2 Å². The average Bonchev–Trinajstić information content (AvgIpc) is 3.68. The predicted molar refractivity (Wildman–Crippen MR) is 128 cm³/mol. The van der Waals surface area contributed by atoms with E-state index in [1.54, 1.807) is 4.57 Å². The van der Waals surface area contributed by atoms with Crippen molar-refractivity contribution in [3.63, 3.8) is 0 Å². The maximum absolute atomic E-state index is 13.1. The SMILES string of the molecule is O=C(NC[C@H]1CCc2ccccc2O1)c1cn(Cc2ccccc2)cc(C(=O)NC2CC2)c1=O. The second-order valence-corrected chi connectivity index (χ2v) is 8.92. The van der Waals surface area contributed by atoms with E-state index in [2.05, 4.69) is 10.6 Å². The van der Waals surface area contributed by atoms with Gasteiger partial charge in [0.2, 0.25) is 5.43 Å². The minimum Gasteiger partial charge on any atom is -0.488 e. The summed E-state index contributed by atoms with van der Waals surface area (Å²) in [5.41, 5.74) is 1.53. The number of nitrogens with zero attached hydrogens (tertiary/aromatic N) is 1. The number of hydrogen-bond acceptors (Lipinski definition) is 4. The van der Waals surface area contributed by atoms with Crippen LogP contribution in [0.25, 0.3) is 0 Å². The largest absolute Gasteiger partial charge is 0.488 e. The molecule has 1 aliphatic carbocycles. The second-order valence-electron chi connectivity index (χ2n) is 8.92. The molecule has 2 aliphatic rings. The first-order chi connectivity index (χ1) is 16.6. The van der Waals surface area contributed by atoms with Gasteiger partial charge in [-0.3, -0.25) is 14.4 Å². The maximum Gasteiger partial charge on any atom is 0.256 e. The number of rotatable bonds is 7. The number of aromatic nitrogens is 1. The van der Waals surface area contributed by atoms with Crippen molar-refractivity contribution < 1.29 is 14.3 Å². The van der Waals surface area contributed by atoms with Crippen LogP contribution in [0.4, 0.5) is 0 Å². The lowest BCUT2D eigenvalue weighted by molar-refractivity contribution is 0.0916. The van der Waals surface area contributed by atoms with Gasteiger partial charge in [0.25, 0.3) is 11.8 Å². The summed E-state index contributed by atoms with van der Waals surface area (Å²) in [4.78, 5) is 38.9. The van der Waals surface area contributed by atoms with Gasteiger partial charge in [0.05, 0.1) is 6.54 Å². The standard InChI is InChI=1S/C27H27N3O4/c31-25-22(26(32)28-14-21-13-10-19-8-4-5-9-24(19)34-21)16-30(15-18-6-2-1-3-7-18)17-23(25)27(33)29-20-11-12-20/h1-9,16-17,20-21H,10-15H2,(H,28,32)(H,29,33)/t21-/m1/s1. The summed E-state index contributed by atoms with van der Waals surface area (Å²) < 4.78 is 7.72. The lowest BCUT2D eigenvalue weighted by Gasteiger charge is -2.26. The smallest absolute Gasteiger partial charge is 0.256 e. The van der Waals surface area contributed by atoms with Gasteiger partial charge in [-0.25, -0.2) is 0 Å². The fraction of sp³-hybridized carbons (Fsp3) is 0.296. The van der Waals surface area contributed by atoms with Crippen molar-refractivity contribution in [3.8, 4) is 5.75 Å². The van der Waals surface area contributed by atoms with Crippen LogP contribution in [0.1, 0.15) is 51.1 Å². The van der Waals surface area contributed by atoms with Crippen molar-refractivity contribution in [2.45, 2.75) is 44.4 Å². The fourth-order valence-corrected chi connectivity index (χ4v) is 4.16. The first-order valence-corrected chi connectivity index (χ1v) is 11.7. The molecular formula is C27H27N3O4. The molecule has 3 aromatic rings. The average molecular weight is 458 g/mol. The minimum atomic E-state index is -0.560. The molecule has 2 amide bonds. The third-order valence-corrected chi connectivity index (χ3v) is 6.18. The Morgan fingerprint density at radius 2 is 1.62 bits per heavy atom. The van der Waals surface area contributed by atoms with Gasteiger partial charge >= 0.3 is 0 Å². The van der Waals surface area contributed by atoms with E-state index in [1.165, 1.54) is 12.4 Å². The third kappa shape index (κ3) is 5.03. The highest BCUT2D eigenvalue weighted by Crippen LogP contribution is 2.26. The summed E-state index contributed by atoms with van der Waals surface area (Å²) >= 11 is 0. The zero-order chi connectivity index (χ0) is 23.5. The number of hydrogen-bond donors (Lipinski definition) is 2. The molecule has 0 radical (unpaired) electrons. The number of fused-ring (bicyclic) bond motifs is 1. The number of para-hydroxylation sites is 1. The second kappa shape index (κ2) is 9.55. The van der Waals surface area contributed by atoms with Crippen LogP contribution in [-0.4, -0.2) is 35.1 Å². The van der Waals surface area contributed by atoms with Gasteiger partial charge in [-0.2, -0.15) is 0 Å². The Balaban J connectivity index is 1.35. The van der Waals surface area contributed by atoms with Gasteiger partial charge in [-0.15, -0.1) is 0 Å². The van der Waals surface area contributed by atoms with Gasteiger partial charge in [-0.1, -0.05) is 48.5 Å². The summed E-state index contributed by atoms with van der Waals surface area (Å²) in [5.74, 6) is -0.108. The number of carbonyl (C=O) groups is 2. The van der Waals surface area contributed by atoms with E-state index in [9.17, 15) is 14.4 Å². The Bertz CT molecular complexity index is 1260. The highest BCUT2D eigenvalue weighted by Gasteiger charge is 2.27. The molecule has 1 aliphatic heterocycles. The summed E-state index contributed by atoms with van der Waals surface area (Å²) in [7, 11) is 0. The monoisotopic (exact) mass is 457 g/mol. The number of ether oxygens (including phenoxy) is 1. The van der Waals surface area contributed by atoms with E-state index in [4.69, 9.17) is 4.74 Å². The Hall–Kier alpha value is -3.87. The molecule has 7 nitrogen and oxygen atoms in total. The molecule has 0 saturated heterocycles. The number of nitrogens with one attached hydrogen (secondary N) is 2. The van der Waals surface area contributed by atoms with E-state index >= 15 is 0 Å². The predicted octanol–water partition coefficient (Wildman–Crippen LogP) is 2.91. The quantitative estimate of drug-likeness (QED) is 0.571. The van der Waals surface area contributed by atoms with Crippen LogP contribution in [0, 0.1) is 0 Å². The van der Waals surface area contributed by atoms with E-state index in [0.29, 0.717) is 6.54 Å². The van der Waals surface area contributed by atoms with Gasteiger partial charge in [0.1, 0.15) is 23.0 Å². The highest BCUT2D eigenvalue weighted by molar-refractivity contribution is 5.99. The minimum absolute atomic E-state index is 0.0154. The number of pyridine rings is 1. The highest BCUT2D eigenvalue weighted by atomic mass is 16.5. The lowest BCUT2D eigenvalue weighted by atomic mass is 10.0. The van der Waals surface area contributed by atoms with Crippen LogP contribution in [0.2, 0.25) is 0 Å². The molecule has 1 fully saturated rings. The molecule has 174 valence electrons. The van der Waals surface area contributed by atoms with Crippen LogP contribution >= 0.6 is 0 Å². The van der Waals surface area contributed by atoms with Crippen molar-refractivity contribution in [2.24, 2.45) is 0 Å². The van der Waals surface area contributed by atoms with Crippen LogP contribution in [0.15, 0.2) is 71.8 Å². The first-order valence-electron chi connectivity index (χ1n) is 11.7. The van der Waals surface area contributed by atoms with Crippen molar-refractivity contribution in [3.05, 3.63) is 99.5 Å². The Kier molecular flexibility index (Phi) is 6.16. The maximum atomic E-state index is 13.1. The molecule has 34 heavy (non-hydrogen) atoms. The molecule has 0 bridgehead atoms. The van der Waals surface area contributed by atoms with Gasteiger partial charge < -0.3 is 19.9 Å². The topological polar surface area (TPSA) is 89.4 Å². The molecular weight excluding hydrogens is 430 g/mol. The van der Waals surface area contributed by atoms with Gasteiger partial charge in [0, 0.05) is 25.0 Å². The molecule has 1 saturated carbocycles. The summed E-state index contributed by atoms with van der Waals surface area (Å²) in [5, 5.41) is 5.70. The molecule has 1 atom stereocenters. The number of benzene rings is 2. The number of carbonyl (C=O) groups excluding carboxylic acids is 2. The molecule has 7 heteroatoms. The Labute approximate surface area is 197 Å². The molecule has 2 heterocycles. The van der Waals surface area contributed by atoms with E-state index in [0.717, 1.165) is 42.6 Å². The van der Waals surface area contributed by atoms with Crippen LogP contribution < -0.4 is 20.8 Å². The molecule has 0 unspecified atom stereocenters. The molecule has 1 aromatic heterocycles. The summed E-state index contributed by atoms with van der Waals surface area (Å²) in [6.07, 6.45) is 6.35. The van der Waals surface area contributed by atoms with Crippen LogP contribution in [0.5, 0.6) is 5.75 Å². The van der Waals surface area contributed by atoms with Crippen LogP contribution in [-0.2, 0) is 13.0 Å². The Morgan fingerprint density at radius 3 is 2.38 bits per heavy atom. The zero-order valence-corrected chi connectivity index (χ0v) is 18.8. The van der Waals surface area contributed by atoms with Gasteiger partial charge in [-0.05, 0) is 42.9 Å². The van der Waals surface area contributed by atoms with Gasteiger partial charge in [0.15, 0.2) is 0 Å². The first kappa shape index (κ1) is 21.9. The molecule has 2 aromatic carbocycles. The van der Waals surface area contributed by atoms with Crippen LogP contribution in [0.3, 0.4) is 0 Å².